The standard InChI is InChI=1S/C11H19NO3Si/c1-13-16(14-2,15-3)11(12)9-10-7-5-4-6-8-10/h4-8,11H,9,12H2,1-3H3. The molecule has 0 bridgehead atoms. The summed E-state index contributed by atoms with van der Waals surface area (Å²) in [6, 6.07) is 10.00. The molecule has 2 N–H and O–H groups in total. The highest BCUT2D eigenvalue weighted by Crippen LogP contribution is 2.14. The van der Waals surface area contributed by atoms with E-state index in [1.165, 1.54) is 0 Å². The highest BCUT2D eigenvalue weighted by molar-refractivity contribution is 6.62. The van der Waals surface area contributed by atoms with Gasteiger partial charge in [-0.2, -0.15) is 0 Å². The lowest BCUT2D eigenvalue weighted by Gasteiger charge is -2.29. The Labute approximate surface area is 97.7 Å². The third kappa shape index (κ3) is 2.90. The van der Waals surface area contributed by atoms with Gasteiger partial charge in [0.05, 0.1) is 5.67 Å². The molecule has 0 amide bonds. The molecule has 0 saturated carbocycles. The fraction of sp³-hybridized carbons (Fsp3) is 0.455. The van der Waals surface area contributed by atoms with Crippen LogP contribution in [0.25, 0.3) is 0 Å². The predicted octanol–water partition coefficient (Wildman–Crippen LogP) is 0.974. The summed E-state index contributed by atoms with van der Waals surface area (Å²) < 4.78 is 16.0. The molecule has 1 aromatic carbocycles. The van der Waals surface area contributed by atoms with Crippen molar-refractivity contribution in [3.63, 3.8) is 0 Å². The van der Waals surface area contributed by atoms with Crippen LogP contribution in [0.5, 0.6) is 0 Å². The van der Waals surface area contributed by atoms with E-state index in [-0.39, 0.29) is 5.67 Å². The quantitative estimate of drug-likeness (QED) is 0.754. The molecule has 0 aliphatic heterocycles. The van der Waals surface area contributed by atoms with Crippen molar-refractivity contribution in [2.24, 2.45) is 5.73 Å². The molecule has 0 saturated heterocycles. The maximum atomic E-state index is 6.10. The van der Waals surface area contributed by atoms with Crippen LogP contribution in [0.2, 0.25) is 0 Å². The van der Waals surface area contributed by atoms with Crippen LogP contribution in [-0.4, -0.2) is 35.8 Å². The Kier molecular flexibility index (Phi) is 5.10. The molecular formula is C11H19NO3Si. The summed E-state index contributed by atoms with van der Waals surface area (Å²) in [5.74, 6) is 0. The normalized spacial score (nSPS) is 13.8. The molecule has 5 heteroatoms. The van der Waals surface area contributed by atoms with Crippen molar-refractivity contribution in [1.29, 1.82) is 0 Å². The minimum Gasteiger partial charge on any atom is -0.376 e. The van der Waals surface area contributed by atoms with Crippen LogP contribution in [0.1, 0.15) is 5.56 Å². The Hall–Kier alpha value is -0.723. The molecule has 0 spiro atoms. The van der Waals surface area contributed by atoms with E-state index in [4.69, 9.17) is 19.0 Å². The van der Waals surface area contributed by atoms with Gasteiger partial charge in [-0.05, 0) is 12.0 Å². The number of rotatable bonds is 6. The molecule has 0 aromatic heterocycles. The molecule has 0 aliphatic rings. The van der Waals surface area contributed by atoms with Gasteiger partial charge in [-0.25, -0.2) is 0 Å². The van der Waals surface area contributed by atoms with Gasteiger partial charge in [0.1, 0.15) is 0 Å². The summed E-state index contributed by atoms with van der Waals surface area (Å²) in [5.41, 5.74) is 7.00. The van der Waals surface area contributed by atoms with E-state index in [1.54, 1.807) is 21.3 Å². The van der Waals surface area contributed by atoms with Crippen molar-refractivity contribution in [1.82, 2.24) is 0 Å². The third-order valence-electron chi connectivity index (χ3n) is 2.61. The van der Waals surface area contributed by atoms with Crippen LogP contribution in [0.15, 0.2) is 30.3 Å². The third-order valence-corrected chi connectivity index (χ3v) is 5.43. The molecule has 0 fully saturated rings. The van der Waals surface area contributed by atoms with E-state index in [0.717, 1.165) is 5.56 Å². The summed E-state index contributed by atoms with van der Waals surface area (Å²) in [5, 5.41) is 0. The molecule has 4 nitrogen and oxygen atoms in total. The maximum absolute atomic E-state index is 6.10. The largest absolute Gasteiger partial charge is 0.518 e. The Bertz CT molecular complexity index is 295. The van der Waals surface area contributed by atoms with Crippen molar-refractivity contribution >= 4 is 8.80 Å². The van der Waals surface area contributed by atoms with E-state index in [2.05, 4.69) is 0 Å². The molecular weight excluding hydrogens is 222 g/mol. The summed E-state index contributed by atoms with van der Waals surface area (Å²) in [6.45, 7) is 0. The minimum atomic E-state index is -2.73. The number of benzene rings is 1. The zero-order valence-corrected chi connectivity index (χ0v) is 11.0. The SMILES string of the molecule is CO[Si](OC)(OC)C(N)Cc1ccccc1. The van der Waals surface area contributed by atoms with Crippen LogP contribution in [0, 0.1) is 0 Å². The Balaban J connectivity index is 2.73. The monoisotopic (exact) mass is 241 g/mol. The summed E-state index contributed by atoms with van der Waals surface area (Å²) >= 11 is 0. The van der Waals surface area contributed by atoms with Crippen molar-refractivity contribution in [2.75, 3.05) is 21.3 Å². The first kappa shape index (κ1) is 13.3. The molecule has 16 heavy (non-hydrogen) atoms. The lowest BCUT2D eigenvalue weighted by molar-refractivity contribution is 0.112. The minimum absolute atomic E-state index is 0.255. The topological polar surface area (TPSA) is 53.7 Å². The molecule has 1 aromatic rings. The average Bonchev–Trinajstić information content (AvgIpc) is 2.33. The highest BCUT2D eigenvalue weighted by atomic mass is 28.4. The second kappa shape index (κ2) is 6.12. The van der Waals surface area contributed by atoms with E-state index in [1.807, 2.05) is 30.3 Å². The molecule has 90 valence electrons. The van der Waals surface area contributed by atoms with Crippen molar-refractivity contribution in [3.8, 4) is 0 Å². The zero-order valence-electron chi connectivity index (χ0n) is 9.97. The van der Waals surface area contributed by atoms with Gasteiger partial charge in [0.2, 0.25) is 0 Å². The maximum Gasteiger partial charge on any atom is 0.518 e. The lowest BCUT2D eigenvalue weighted by atomic mass is 10.1. The Morgan fingerprint density at radius 1 is 1.06 bits per heavy atom. The lowest BCUT2D eigenvalue weighted by Crippen LogP contribution is -2.59. The zero-order chi connectivity index (χ0) is 12.0. The van der Waals surface area contributed by atoms with E-state index in [0.29, 0.717) is 6.42 Å². The number of hydrogen-bond donors (Lipinski definition) is 1. The van der Waals surface area contributed by atoms with Gasteiger partial charge in [0, 0.05) is 21.3 Å². The van der Waals surface area contributed by atoms with E-state index >= 15 is 0 Å². The molecule has 0 radical (unpaired) electrons. The van der Waals surface area contributed by atoms with Gasteiger partial charge in [-0.15, -0.1) is 0 Å². The van der Waals surface area contributed by atoms with Crippen LogP contribution in [0.3, 0.4) is 0 Å². The van der Waals surface area contributed by atoms with Crippen molar-refractivity contribution in [2.45, 2.75) is 12.1 Å². The number of hydrogen-bond acceptors (Lipinski definition) is 4. The van der Waals surface area contributed by atoms with Crippen LogP contribution >= 0.6 is 0 Å². The Morgan fingerprint density at radius 3 is 2.00 bits per heavy atom. The van der Waals surface area contributed by atoms with Crippen LogP contribution < -0.4 is 5.73 Å². The first-order valence-corrected chi connectivity index (χ1v) is 6.93. The van der Waals surface area contributed by atoms with Gasteiger partial charge < -0.3 is 19.0 Å². The van der Waals surface area contributed by atoms with Crippen LogP contribution in [-0.2, 0) is 19.7 Å². The van der Waals surface area contributed by atoms with E-state index < -0.39 is 8.80 Å². The molecule has 1 atom stereocenters. The van der Waals surface area contributed by atoms with Gasteiger partial charge in [0.25, 0.3) is 0 Å². The molecule has 1 rings (SSSR count). The second-order valence-electron chi connectivity index (χ2n) is 3.51. The van der Waals surface area contributed by atoms with Crippen LogP contribution in [0.4, 0.5) is 0 Å². The summed E-state index contributed by atoms with van der Waals surface area (Å²) in [4.78, 5) is 0. The van der Waals surface area contributed by atoms with Gasteiger partial charge in [0.15, 0.2) is 0 Å². The smallest absolute Gasteiger partial charge is 0.376 e. The van der Waals surface area contributed by atoms with E-state index in [9.17, 15) is 0 Å². The molecule has 0 heterocycles. The first-order chi connectivity index (χ1) is 7.68. The first-order valence-electron chi connectivity index (χ1n) is 5.13. The van der Waals surface area contributed by atoms with Gasteiger partial charge in [-0.3, -0.25) is 0 Å². The summed E-state index contributed by atoms with van der Waals surface area (Å²) in [6.07, 6.45) is 0.683. The predicted molar refractivity (Wildman–Crippen MR) is 64.9 cm³/mol. The fourth-order valence-corrected chi connectivity index (χ4v) is 3.59. The Morgan fingerprint density at radius 2 is 1.56 bits per heavy atom. The summed E-state index contributed by atoms with van der Waals surface area (Å²) in [7, 11) is 1.99. The van der Waals surface area contributed by atoms with Crippen molar-refractivity contribution < 1.29 is 13.3 Å². The van der Waals surface area contributed by atoms with Crippen molar-refractivity contribution in [3.05, 3.63) is 35.9 Å². The van der Waals surface area contributed by atoms with Gasteiger partial charge >= 0.3 is 8.80 Å². The number of nitrogens with two attached hydrogens (primary N) is 1. The average molecular weight is 241 g/mol. The fourth-order valence-electron chi connectivity index (χ4n) is 1.70. The molecule has 0 aliphatic carbocycles. The highest BCUT2D eigenvalue weighted by Gasteiger charge is 2.45. The second-order valence-corrected chi connectivity index (χ2v) is 6.69. The molecule has 1 unspecified atom stereocenters. The van der Waals surface area contributed by atoms with Gasteiger partial charge in [-0.1, -0.05) is 30.3 Å².